The number of nitrogens with two attached hydrogens (primary N) is 1. The maximum atomic E-state index is 11.6. The number of amides is 1. The maximum Gasteiger partial charge on any atom is 0.237 e. The zero-order chi connectivity index (χ0) is 12.8. The predicted octanol–water partition coefficient (Wildman–Crippen LogP) is 1.46. The zero-order valence-corrected chi connectivity index (χ0v) is 11.5. The van der Waals surface area contributed by atoms with E-state index in [4.69, 9.17) is 10.8 Å². The van der Waals surface area contributed by atoms with E-state index in [1.807, 2.05) is 26.0 Å². The molecule has 0 spiro atoms. The third-order valence-corrected chi connectivity index (χ3v) is 2.67. The van der Waals surface area contributed by atoms with Gasteiger partial charge in [-0.05, 0) is 30.0 Å². The molecular weight excluding hydrogens is 252 g/mol. The lowest BCUT2D eigenvalue weighted by atomic mass is 10.0. The zero-order valence-electron chi connectivity index (χ0n) is 10.7. The van der Waals surface area contributed by atoms with Crippen LogP contribution in [0.15, 0.2) is 24.3 Å². The highest BCUT2D eigenvalue weighted by Gasteiger charge is 2.16. The van der Waals surface area contributed by atoms with Gasteiger partial charge in [0.05, 0.1) is 6.04 Å². The molecule has 1 amide bonds. The summed E-state index contributed by atoms with van der Waals surface area (Å²) in [5, 5.41) is 11.9. The van der Waals surface area contributed by atoms with Gasteiger partial charge >= 0.3 is 0 Å². The number of rotatable bonds is 5. The van der Waals surface area contributed by atoms with Crippen molar-refractivity contribution in [2.45, 2.75) is 26.3 Å². The van der Waals surface area contributed by atoms with Gasteiger partial charge in [-0.25, -0.2) is 0 Å². The molecule has 0 radical (unpaired) electrons. The average molecular weight is 273 g/mol. The molecule has 0 aliphatic carbocycles. The molecule has 0 saturated heterocycles. The molecule has 0 heterocycles. The first-order valence-electron chi connectivity index (χ1n) is 5.82. The van der Waals surface area contributed by atoms with Crippen molar-refractivity contribution in [1.82, 2.24) is 5.32 Å². The van der Waals surface area contributed by atoms with Gasteiger partial charge in [0, 0.05) is 6.54 Å². The number of hydrogen-bond donors (Lipinski definition) is 3. The number of benzene rings is 1. The van der Waals surface area contributed by atoms with E-state index >= 15 is 0 Å². The van der Waals surface area contributed by atoms with Gasteiger partial charge in [-0.1, -0.05) is 26.0 Å². The highest BCUT2D eigenvalue weighted by molar-refractivity contribution is 5.85. The first-order valence-corrected chi connectivity index (χ1v) is 5.82. The SMILES string of the molecule is CC(C)[C@H](N)C(=O)NCCc1ccc(O)cc1.Cl. The molecule has 1 aromatic rings. The number of carbonyl (C=O) groups is 1. The Labute approximate surface area is 114 Å². The number of aromatic hydroxyl groups is 1. The van der Waals surface area contributed by atoms with Gasteiger partial charge in [-0.3, -0.25) is 4.79 Å². The molecule has 0 aliphatic heterocycles. The molecular formula is C13H21ClN2O2. The Morgan fingerprint density at radius 2 is 1.89 bits per heavy atom. The van der Waals surface area contributed by atoms with E-state index in [9.17, 15) is 4.79 Å². The summed E-state index contributed by atoms with van der Waals surface area (Å²) in [5.74, 6) is 0.280. The van der Waals surface area contributed by atoms with Crippen molar-refractivity contribution in [3.63, 3.8) is 0 Å². The monoisotopic (exact) mass is 272 g/mol. The molecule has 102 valence electrons. The van der Waals surface area contributed by atoms with Crippen LogP contribution in [-0.2, 0) is 11.2 Å². The number of carbonyl (C=O) groups excluding carboxylic acids is 1. The summed E-state index contributed by atoms with van der Waals surface area (Å²) in [4.78, 5) is 11.6. The summed E-state index contributed by atoms with van der Waals surface area (Å²) in [7, 11) is 0. The normalized spacial score (nSPS) is 11.8. The molecule has 1 aromatic carbocycles. The molecule has 0 aliphatic rings. The summed E-state index contributed by atoms with van der Waals surface area (Å²) in [6.07, 6.45) is 0.733. The molecule has 4 N–H and O–H groups in total. The maximum absolute atomic E-state index is 11.6. The van der Waals surface area contributed by atoms with Crippen LogP contribution in [0.5, 0.6) is 5.75 Å². The first kappa shape index (κ1) is 16.7. The van der Waals surface area contributed by atoms with Crippen LogP contribution in [0.4, 0.5) is 0 Å². The molecule has 4 nitrogen and oxygen atoms in total. The van der Waals surface area contributed by atoms with E-state index in [1.165, 1.54) is 0 Å². The van der Waals surface area contributed by atoms with Crippen LogP contribution in [0.3, 0.4) is 0 Å². The molecule has 5 heteroatoms. The minimum atomic E-state index is -0.449. The van der Waals surface area contributed by atoms with Crippen LogP contribution >= 0.6 is 12.4 Å². The second kappa shape index (κ2) is 7.95. The summed E-state index contributed by atoms with van der Waals surface area (Å²) in [6, 6.07) is 6.50. The van der Waals surface area contributed by atoms with Crippen molar-refractivity contribution < 1.29 is 9.90 Å². The number of halogens is 1. The van der Waals surface area contributed by atoms with Crippen molar-refractivity contribution in [1.29, 1.82) is 0 Å². The Morgan fingerprint density at radius 1 is 1.33 bits per heavy atom. The summed E-state index contributed by atoms with van der Waals surface area (Å²) in [6.45, 7) is 4.40. The van der Waals surface area contributed by atoms with E-state index in [0.29, 0.717) is 6.54 Å². The van der Waals surface area contributed by atoms with Gasteiger partial charge in [-0.2, -0.15) is 0 Å². The fourth-order valence-corrected chi connectivity index (χ4v) is 1.41. The minimum Gasteiger partial charge on any atom is -0.508 e. The molecule has 1 rings (SSSR count). The molecule has 0 bridgehead atoms. The highest BCUT2D eigenvalue weighted by atomic mass is 35.5. The van der Waals surface area contributed by atoms with E-state index in [0.717, 1.165) is 12.0 Å². The highest BCUT2D eigenvalue weighted by Crippen LogP contribution is 2.09. The second-order valence-corrected chi connectivity index (χ2v) is 4.48. The fraction of sp³-hybridized carbons (Fsp3) is 0.462. The quantitative estimate of drug-likeness (QED) is 0.760. The molecule has 18 heavy (non-hydrogen) atoms. The Hall–Kier alpha value is -1.26. The summed E-state index contributed by atoms with van der Waals surface area (Å²) >= 11 is 0. The first-order chi connectivity index (χ1) is 8.00. The third-order valence-electron chi connectivity index (χ3n) is 2.67. The van der Waals surface area contributed by atoms with E-state index in [-0.39, 0.29) is 30.0 Å². The van der Waals surface area contributed by atoms with Crippen LogP contribution in [0.2, 0.25) is 0 Å². The third kappa shape index (κ3) is 5.38. The largest absolute Gasteiger partial charge is 0.508 e. The predicted molar refractivity (Wildman–Crippen MR) is 74.9 cm³/mol. The Balaban J connectivity index is 0.00000289. The van der Waals surface area contributed by atoms with Gasteiger partial charge in [0.1, 0.15) is 5.75 Å². The van der Waals surface area contributed by atoms with Crippen molar-refractivity contribution in [3.8, 4) is 5.75 Å². The van der Waals surface area contributed by atoms with Crippen LogP contribution in [0.25, 0.3) is 0 Å². The number of hydrogen-bond acceptors (Lipinski definition) is 3. The smallest absolute Gasteiger partial charge is 0.237 e. The topological polar surface area (TPSA) is 75.4 Å². The Bertz CT molecular complexity index is 366. The van der Waals surface area contributed by atoms with Gasteiger partial charge < -0.3 is 16.2 Å². The molecule has 1 atom stereocenters. The molecule has 0 saturated carbocycles. The van der Waals surface area contributed by atoms with Crippen LogP contribution in [0, 0.1) is 5.92 Å². The lowest BCUT2D eigenvalue weighted by molar-refractivity contribution is -0.123. The van der Waals surface area contributed by atoms with Crippen molar-refractivity contribution in [2.75, 3.05) is 6.54 Å². The minimum absolute atomic E-state index is 0. The van der Waals surface area contributed by atoms with Gasteiger partial charge in [-0.15, -0.1) is 12.4 Å². The van der Waals surface area contributed by atoms with Gasteiger partial charge in [0.15, 0.2) is 0 Å². The summed E-state index contributed by atoms with van der Waals surface area (Å²) < 4.78 is 0. The van der Waals surface area contributed by atoms with Crippen LogP contribution in [0.1, 0.15) is 19.4 Å². The van der Waals surface area contributed by atoms with E-state index < -0.39 is 6.04 Å². The number of nitrogens with one attached hydrogen (secondary N) is 1. The van der Waals surface area contributed by atoms with Crippen LogP contribution < -0.4 is 11.1 Å². The summed E-state index contributed by atoms with van der Waals surface area (Å²) in [5.41, 5.74) is 6.78. The van der Waals surface area contributed by atoms with Gasteiger partial charge in [0.2, 0.25) is 5.91 Å². The molecule has 0 aromatic heterocycles. The van der Waals surface area contributed by atoms with E-state index in [2.05, 4.69) is 5.32 Å². The van der Waals surface area contributed by atoms with E-state index in [1.54, 1.807) is 12.1 Å². The Morgan fingerprint density at radius 3 is 2.39 bits per heavy atom. The van der Waals surface area contributed by atoms with Crippen LogP contribution in [-0.4, -0.2) is 23.6 Å². The standard InChI is InChI=1S/C13H20N2O2.ClH/c1-9(2)12(14)13(17)15-8-7-10-3-5-11(16)6-4-10;/h3-6,9,12,16H,7-8,14H2,1-2H3,(H,15,17);1H/t12-;/m0./s1. The van der Waals surface area contributed by atoms with Crippen molar-refractivity contribution in [3.05, 3.63) is 29.8 Å². The lowest BCUT2D eigenvalue weighted by Gasteiger charge is -2.15. The number of phenols is 1. The fourth-order valence-electron chi connectivity index (χ4n) is 1.41. The van der Waals surface area contributed by atoms with Crippen molar-refractivity contribution in [2.24, 2.45) is 11.7 Å². The lowest BCUT2D eigenvalue weighted by Crippen LogP contribution is -2.44. The Kier molecular flexibility index (Phi) is 7.39. The second-order valence-electron chi connectivity index (χ2n) is 4.48. The van der Waals surface area contributed by atoms with Gasteiger partial charge in [0.25, 0.3) is 0 Å². The molecule has 0 unspecified atom stereocenters. The number of phenolic OH excluding ortho intramolecular Hbond substituents is 1. The average Bonchev–Trinajstić information content (AvgIpc) is 2.30. The van der Waals surface area contributed by atoms with Crippen molar-refractivity contribution >= 4 is 18.3 Å². The molecule has 0 fully saturated rings.